The fourth-order valence-corrected chi connectivity index (χ4v) is 5.06. The van der Waals surface area contributed by atoms with Crippen LogP contribution in [-0.2, 0) is 25.5 Å². The summed E-state index contributed by atoms with van der Waals surface area (Å²) in [5, 5.41) is 14.4. The van der Waals surface area contributed by atoms with Gasteiger partial charge < -0.3 is 9.84 Å². The van der Waals surface area contributed by atoms with Crippen molar-refractivity contribution in [3.8, 4) is 11.1 Å². The fourth-order valence-electron chi connectivity index (χ4n) is 4.37. The van der Waals surface area contributed by atoms with Gasteiger partial charge in [-0.1, -0.05) is 48.5 Å². The number of benzene rings is 2. The average molecular weight is 493 g/mol. The van der Waals surface area contributed by atoms with Crippen molar-refractivity contribution in [3.05, 3.63) is 70.7 Å². The van der Waals surface area contributed by atoms with E-state index in [1.54, 1.807) is 5.38 Å². The first-order chi connectivity index (χ1) is 16.9. The predicted octanol–water partition coefficient (Wildman–Crippen LogP) is 2.76. The molecule has 3 aromatic rings. The summed E-state index contributed by atoms with van der Waals surface area (Å²) in [5.41, 5.74) is 7.05. The summed E-state index contributed by atoms with van der Waals surface area (Å²) in [4.78, 5) is 51.9. The molecule has 1 unspecified atom stereocenters. The Labute approximate surface area is 203 Å². The number of nitrogens with zero attached hydrogens (tertiary/aromatic N) is 2. The standard InChI is InChI=1S/C24H20N4O6S/c29-20-10-19(22(31)32)28(27-20)21(30)9-13-12-35-23(25-13)26-24(33)34-11-18-16-7-3-1-5-14(16)15-6-2-4-8-17(15)18/h1-8,12,18-19H,9-11H2,(H,27,29)(H,31,32)(H,25,26,33). The van der Waals surface area contributed by atoms with Crippen LogP contribution >= 0.6 is 11.3 Å². The second kappa shape index (κ2) is 9.18. The lowest BCUT2D eigenvalue weighted by molar-refractivity contribution is -0.150. The third-order valence-electron chi connectivity index (χ3n) is 5.93. The lowest BCUT2D eigenvalue weighted by atomic mass is 9.98. The highest BCUT2D eigenvalue weighted by Crippen LogP contribution is 2.44. The van der Waals surface area contributed by atoms with E-state index >= 15 is 0 Å². The second-order valence-electron chi connectivity index (χ2n) is 8.13. The molecule has 0 bridgehead atoms. The van der Waals surface area contributed by atoms with Gasteiger partial charge >= 0.3 is 12.1 Å². The smallest absolute Gasteiger partial charge is 0.413 e. The molecule has 1 aromatic heterocycles. The van der Waals surface area contributed by atoms with Gasteiger partial charge in [-0.15, -0.1) is 11.3 Å². The van der Waals surface area contributed by atoms with Gasteiger partial charge in [0, 0.05) is 11.3 Å². The fraction of sp³-hybridized carbons (Fsp3) is 0.208. The molecule has 0 saturated carbocycles. The van der Waals surface area contributed by atoms with E-state index in [0.29, 0.717) is 5.69 Å². The summed E-state index contributed by atoms with van der Waals surface area (Å²) < 4.78 is 5.50. The average Bonchev–Trinajstić information content (AvgIpc) is 3.53. The summed E-state index contributed by atoms with van der Waals surface area (Å²) in [6.07, 6.45) is -1.20. The summed E-state index contributed by atoms with van der Waals surface area (Å²) in [7, 11) is 0. The molecule has 1 aliphatic heterocycles. The molecular weight excluding hydrogens is 472 g/mol. The third kappa shape index (κ3) is 4.45. The lowest BCUT2D eigenvalue weighted by Crippen LogP contribution is -2.47. The van der Waals surface area contributed by atoms with E-state index in [1.165, 1.54) is 0 Å². The number of nitrogens with one attached hydrogen (secondary N) is 2. The van der Waals surface area contributed by atoms with Gasteiger partial charge in [0.05, 0.1) is 18.5 Å². The Balaban J connectivity index is 1.19. The molecule has 2 heterocycles. The number of hydrogen-bond acceptors (Lipinski definition) is 7. The molecule has 1 fully saturated rings. The number of hydrazine groups is 1. The molecule has 10 nitrogen and oxygen atoms in total. The molecule has 0 radical (unpaired) electrons. The first-order valence-corrected chi connectivity index (χ1v) is 11.7. The van der Waals surface area contributed by atoms with Crippen LogP contribution in [0.5, 0.6) is 0 Å². The zero-order chi connectivity index (χ0) is 24.5. The minimum Gasteiger partial charge on any atom is -0.480 e. The van der Waals surface area contributed by atoms with E-state index in [4.69, 9.17) is 4.74 Å². The summed E-state index contributed by atoms with van der Waals surface area (Å²) in [6.45, 7) is 0.155. The number of carbonyl (C=O) groups excluding carboxylic acids is 3. The van der Waals surface area contributed by atoms with Gasteiger partial charge in [0.2, 0.25) is 11.8 Å². The number of carboxylic acids is 1. The predicted molar refractivity (Wildman–Crippen MR) is 126 cm³/mol. The normalized spacial score (nSPS) is 16.4. The van der Waals surface area contributed by atoms with Gasteiger partial charge in [-0.05, 0) is 22.3 Å². The maximum Gasteiger partial charge on any atom is 0.413 e. The molecule has 3 N–H and O–H groups in total. The van der Waals surface area contributed by atoms with Crippen LogP contribution in [0.3, 0.4) is 0 Å². The Morgan fingerprint density at radius 2 is 1.77 bits per heavy atom. The van der Waals surface area contributed by atoms with E-state index in [0.717, 1.165) is 38.6 Å². The van der Waals surface area contributed by atoms with Crippen molar-refractivity contribution in [1.82, 2.24) is 15.4 Å². The molecular formula is C24H20N4O6S. The van der Waals surface area contributed by atoms with Crippen molar-refractivity contribution >= 4 is 40.3 Å². The Hall–Kier alpha value is -4.25. The van der Waals surface area contributed by atoms with E-state index in [9.17, 15) is 24.3 Å². The zero-order valence-corrected chi connectivity index (χ0v) is 19.1. The van der Waals surface area contributed by atoms with Crippen LogP contribution in [-0.4, -0.2) is 51.6 Å². The SMILES string of the molecule is O=C1CC(C(=O)O)N(C(=O)Cc2csc(NC(=O)OCC3c4ccccc4-c4ccccc43)n2)N1. The van der Waals surface area contributed by atoms with Gasteiger partial charge in [0.15, 0.2) is 11.2 Å². The molecule has 1 atom stereocenters. The topological polar surface area (TPSA) is 138 Å². The van der Waals surface area contributed by atoms with Crippen molar-refractivity contribution in [2.75, 3.05) is 11.9 Å². The number of aliphatic carboxylic acids is 1. The first kappa shape index (κ1) is 22.5. The molecule has 11 heteroatoms. The first-order valence-electron chi connectivity index (χ1n) is 10.8. The molecule has 2 aliphatic rings. The maximum absolute atomic E-state index is 12.5. The quantitative estimate of drug-likeness (QED) is 0.481. The number of amides is 3. The van der Waals surface area contributed by atoms with Crippen LogP contribution in [0.25, 0.3) is 11.1 Å². The van der Waals surface area contributed by atoms with Crippen LogP contribution in [0.4, 0.5) is 9.93 Å². The number of hydrogen-bond donors (Lipinski definition) is 3. The Morgan fingerprint density at radius 1 is 1.11 bits per heavy atom. The highest BCUT2D eigenvalue weighted by molar-refractivity contribution is 7.13. The molecule has 1 saturated heterocycles. The number of anilines is 1. The summed E-state index contributed by atoms with van der Waals surface area (Å²) >= 11 is 1.11. The Bertz CT molecular complexity index is 1290. The van der Waals surface area contributed by atoms with E-state index in [-0.39, 0.29) is 30.5 Å². The van der Waals surface area contributed by atoms with Crippen LogP contribution in [0.2, 0.25) is 0 Å². The van der Waals surface area contributed by atoms with Crippen molar-refractivity contribution in [2.24, 2.45) is 0 Å². The molecule has 0 spiro atoms. The monoisotopic (exact) mass is 492 g/mol. The maximum atomic E-state index is 12.5. The number of thiazole rings is 1. The van der Waals surface area contributed by atoms with E-state index in [2.05, 4.69) is 27.9 Å². The number of ether oxygens (including phenoxy) is 1. The van der Waals surface area contributed by atoms with Crippen LogP contribution in [0, 0.1) is 0 Å². The van der Waals surface area contributed by atoms with Gasteiger partial charge in [-0.2, -0.15) is 0 Å². The minimum atomic E-state index is -1.27. The Morgan fingerprint density at radius 3 is 2.43 bits per heavy atom. The number of carbonyl (C=O) groups is 4. The van der Waals surface area contributed by atoms with Gasteiger partial charge in [0.1, 0.15) is 6.61 Å². The molecule has 35 heavy (non-hydrogen) atoms. The molecule has 3 amide bonds. The largest absolute Gasteiger partial charge is 0.480 e. The summed E-state index contributed by atoms with van der Waals surface area (Å²) in [6, 6.07) is 14.8. The molecule has 1 aliphatic carbocycles. The van der Waals surface area contributed by atoms with E-state index < -0.39 is 29.9 Å². The van der Waals surface area contributed by atoms with Crippen LogP contribution in [0.1, 0.15) is 29.2 Å². The van der Waals surface area contributed by atoms with Crippen LogP contribution in [0.15, 0.2) is 53.9 Å². The van der Waals surface area contributed by atoms with Crippen molar-refractivity contribution < 1.29 is 29.0 Å². The highest BCUT2D eigenvalue weighted by Gasteiger charge is 2.39. The zero-order valence-electron chi connectivity index (χ0n) is 18.3. The van der Waals surface area contributed by atoms with Gasteiger partial charge in [-0.3, -0.25) is 20.3 Å². The van der Waals surface area contributed by atoms with Crippen molar-refractivity contribution in [2.45, 2.75) is 24.8 Å². The highest BCUT2D eigenvalue weighted by atomic mass is 32.1. The van der Waals surface area contributed by atoms with Crippen LogP contribution < -0.4 is 10.7 Å². The Kier molecular flexibility index (Phi) is 5.91. The van der Waals surface area contributed by atoms with Gasteiger partial charge in [-0.25, -0.2) is 19.6 Å². The molecule has 2 aromatic carbocycles. The number of aromatic nitrogens is 1. The number of rotatable bonds is 6. The minimum absolute atomic E-state index is 0.0736. The van der Waals surface area contributed by atoms with Gasteiger partial charge in [0.25, 0.3) is 0 Å². The number of fused-ring (bicyclic) bond motifs is 3. The van der Waals surface area contributed by atoms with Crippen molar-refractivity contribution in [3.63, 3.8) is 0 Å². The van der Waals surface area contributed by atoms with E-state index in [1.807, 2.05) is 36.4 Å². The molecule has 5 rings (SSSR count). The number of carboxylic acid groups (broad SMARTS) is 1. The lowest BCUT2D eigenvalue weighted by Gasteiger charge is -2.19. The second-order valence-corrected chi connectivity index (χ2v) is 8.99. The van der Waals surface area contributed by atoms with Crippen molar-refractivity contribution in [1.29, 1.82) is 0 Å². The summed E-state index contributed by atoms with van der Waals surface area (Å²) in [5.74, 6) is -2.49. The third-order valence-corrected chi connectivity index (χ3v) is 6.73. The molecule has 178 valence electrons.